The molecular formula is C24H33N5O2. The molecule has 3 saturated carbocycles. The highest BCUT2D eigenvalue weighted by Crippen LogP contribution is 2.61. The van der Waals surface area contributed by atoms with Crippen LogP contribution in [0.3, 0.4) is 0 Å². The fourth-order valence-electron chi connectivity index (χ4n) is 6.32. The van der Waals surface area contributed by atoms with Crippen molar-refractivity contribution in [3.8, 4) is 0 Å². The Morgan fingerprint density at radius 3 is 2.84 bits per heavy atom. The lowest BCUT2D eigenvalue weighted by Gasteiger charge is -2.60. The summed E-state index contributed by atoms with van der Waals surface area (Å²) in [5, 5.41) is 3.16. The van der Waals surface area contributed by atoms with E-state index in [1.165, 1.54) is 19.3 Å². The number of hydrogen-bond acceptors (Lipinski definition) is 4. The SMILES string of the molecule is CC1(C)[C@H]2CC[C@@H](CNC(=O)c3cccc4nc(C(=O)N5CCC[C@@H]5CN)cn34)[C@@H]1C2. The van der Waals surface area contributed by atoms with Gasteiger partial charge in [-0.3, -0.25) is 14.0 Å². The Hall–Kier alpha value is -2.41. The molecule has 1 saturated heterocycles. The lowest BCUT2D eigenvalue weighted by atomic mass is 9.45. The number of imidazole rings is 1. The number of nitrogens with one attached hydrogen (secondary N) is 1. The van der Waals surface area contributed by atoms with Crippen LogP contribution in [-0.4, -0.2) is 51.8 Å². The number of aromatic nitrogens is 2. The summed E-state index contributed by atoms with van der Waals surface area (Å²) >= 11 is 0. The van der Waals surface area contributed by atoms with Gasteiger partial charge in [-0.05, 0) is 67.4 Å². The number of amides is 2. The van der Waals surface area contributed by atoms with E-state index in [0.717, 1.165) is 18.8 Å². The molecular weight excluding hydrogens is 390 g/mol. The first-order valence-electron chi connectivity index (χ1n) is 11.7. The summed E-state index contributed by atoms with van der Waals surface area (Å²) in [6.07, 6.45) is 7.37. The minimum atomic E-state index is -0.109. The molecule has 0 unspecified atom stereocenters. The fourth-order valence-corrected chi connectivity index (χ4v) is 6.32. The number of hydrogen-bond donors (Lipinski definition) is 2. The van der Waals surface area contributed by atoms with Crippen LogP contribution in [0, 0.1) is 23.2 Å². The summed E-state index contributed by atoms with van der Waals surface area (Å²) in [5.74, 6) is 1.89. The van der Waals surface area contributed by atoms with Gasteiger partial charge in [0.05, 0.1) is 0 Å². The van der Waals surface area contributed by atoms with E-state index in [4.69, 9.17) is 5.73 Å². The lowest BCUT2D eigenvalue weighted by molar-refractivity contribution is -0.103. The van der Waals surface area contributed by atoms with Crippen molar-refractivity contribution in [3.63, 3.8) is 0 Å². The van der Waals surface area contributed by atoms with Crippen molar-refractivity contribution in [2.75, 3.05) is 19.6 Å². The normalized spacial score (nSPS) is 29.1. The second-order valence-corrected chi connectivity index (χ2v) is 10.2. The maximum Gasteiger partial charge on any atom is 0.274 e. The van der Waals surface area contributed by atoms with Crippen LogP contribution in [-0.2, 0) is 0 Å². The third-order valence-electron chi connectivity index (χ3n) is 8.38. The molecule has 4 fully saturated rings. The summed E-state index contributed by atoms with van der Waals surface area (Å²) in [7, 11) is 0. The molecule has 1 aliphatic heterocycles. The molecule has 0 aromatic carbocycles. The Morgan fingerprint density at radius 2 is 2.10 bits per heavy atom. The van der Waals surface area contributed by atoms with E-state index in [2.05, 4.69) is 24.1 Å². The number of nitrogens with zero attached hydrogens (tertiary/aromatic N) is 3. The topological polar surface area (TPSA) is 92.7 Å². The van der Waals surface area contributed by atoms with Gasteiger partial charge >= 0.3 is 0 Å². The van der Waals surface area contributed by atoms with Gasteiger partial charge in [0.25, 0.3) is 11.8 Å². The van der Waals surface area contributed by atoms with Crippen molar-refractivity contribution >= 4 is 17.5 Å². The number of carbonyl (C=O) groups excluding carboxylic acids is 2. The largest absolute Gasteiger partial charge is 0.350 e. The van der Waals surface area contributed by atoms with Crippen molar-refractivity contribution in [3.05, 3.63) is 35.8 Å². The van der Waals surface area contributed by atoms with Crippen molar-refractivity contribution in [1.82, 2.24) is 19.6 Å². The minimum Gasteiger partial charge on any atom is -0.350 e. The zero-order chi connectivity index (χ0) is 21.8. The second kappa shape index (κ2) is 7.62. The van der Waals surface area contributed by atoms with Crippen molar-refractivity contribution in [1.29, 1.82) is 0 Å². The van der Waals surface area contributed by atoms with E-state index in [0.29, 0.717) is 53.9 Å². The maximum absolute atomic E-state index is 13.0. The van der Waals surface area contributed by atoms with Crippen LogP contribution in [0.25, 0.3) is 5.65 Å². The standard InChI is InChI=1S/C24H33N5O2/c1-24(2)16-9-8-15(18(24)11-16)13-26-22(30)20-6-3-7-21-27-19(14-29(20)21)23(31)28-10-4-5-17(28)12-25/h3,6-7,14-18H,4-5,8-13,25H2,1-2H3,(H,26,30)/t15-,16-,17+,18-/m0/s1. The van der Waals surface area contributed by atoms with Crippen LogP contribution in [0.5, 0.6) is 0 Å². The number of fused-ring (bicyclic) bond motifs is 3. The van der Waals surface area contributed by atoms with Gasteiger partial charge in [-0.2, -0.15) is 0 Å². The molecule has 2 aromatic heterocycles. The van der Waals surface area contributed by atoms with Gasteiger partial charge in [-0.15, -0.1) is 0 Å². The predicted octanol–water partition coefficient (Wildman–Crippen LogP) is 2.70. The van der Waals surface area contributed by atoms with E-state index in [9.17, 15) is 9.59 Å². The van der Waals surface area contributed by atoms with Gasteiger partial charge in [-0.25, -0.2) is 4.98 Å². The monoisotopic (exact) mass is 423 g/mol. The third-order valence-corrected chi connectivity index (χ3v) is 8.38. The Morgan fingerprint density at radius 1 is 1.26 bits per heavy atom. The summed E-state index contributed by atoms with van der Waals surface area (Å²) in [4.78, 5) is 32.4. The lowest BCUT2D eigenvalue weighted by Crippen LogP contribution is -2.54. The number of likely N-dealkylation sites (tertiary alicyclic amines) is 1. The van der Waals surface area contributed by atoms with E-state index in [1.54, 1.807) is 16.7 Å². The quantitative estimate of drug-likeness (QED) is 0.773. The van der Waals surface area contributed by atoms with E-state index < -0.39 is 0 Å². The van der Waals surface area contributed by atoms with E-state index in [1.807, 2.05) is 17.0 Å². The first kappa shape index (κ1) is 20.5. The van der Waals surface area contributed by atoms with E-state index >= 15 is 0 Å². The molecule has 3 heterocycles. The molecule has 4 atom stereocenters. The number of rotatable bonds is 5. The Kier molecular flexibility index (Phi) is 5.04. The zero-order valence-electron chi connectivity index (χ0n) is 18.5. The highest BCUT2D eigenvalue weighted by molar-refractivity contribution is 5.95. The molecule has 2 aromatic rings. The minimum absolute atomic E-state index is 0.0749. The zero-order valence-corrected chi connectivity index (χ0v) is 18.5. The Balaban J connectivity index is 1.32. The summed E-state index contributed by atoms with van der Waals surface area (Å²) in [6, 6.07) is 5.52. The van der Waals surface area contributed by atoms with Gasteiger partial charge in [0, 0.05) is 31.9 Å². The smallest absolute Gasteiger partial charge is 0.274 e. The molecule has 3 aliphatic carbocycles. The van der Waals surface area contributed by atoms with Gasteiger partial charge in [0.15, 0.2) is 0 Å². The molecule has 166 valence electrons. The average Bonchev–Trinajstić information content (AvgIpc) is 3.43. The molecule has 7 heteroatoms. The second-order valence-electron chi connectivity index (χ2n) is 10.2. The number of nitrogens with two attached hydrogens (primary N) is 1. The molecule has 0 spiro atoms. The van der Waals surface area contributed by atoms with E-state index in [-0.39, 0.29) is 17.9 Å². The van der Waals surface area contributed by atoms with Crippen LogP contribution in [0.4, 0.5) is 0 Å². The van der Waals surface area contributed by atoms with Gasteiger partial charge in [0.2, 0.25) is 0 Å². The number of carbonyl (C=O) groups is 2. The predicted molar refractivity (Wildman–Crippen MR) is 119 cm³/mol. The van der Waals surface area contributed by atoms with Crippen LogP contribution in [0.2, 0.25) is 0 Å². The third kappa shape index (κ3) is 3.34. The molecule has 6 rings (SSSR count). The van der Waals surface area contributed by atoms with Crippen LogP contribution in [0.15, 0.2) is 24.4 Å². The van der Waals surface area contributed by atoms with Gasteiger partial charge in [0.1, 0.15) is 17.0 Å². The molecule has 7 nitrogen and oxygen atoms in total. The fraction of sp³-hybridized carbons (Fsp3) is 0.625. The Labute approximate surface area is 183 Å². The summed E-state index contributed by atoms with van der Waals surface area (Å²) in [6.45, 7) is 6.64. The number of pyridine rings is 1. The molecule has 31 heavy (non-hydrogen) atoms. The molecule has 4 aliphatic rings. The summed E-state index contributed by atoms with van der Waals surface area (Å²) in [5.41, 5.74) is 7.74. The highest BCUT2D eigenvalue weighted by Gasteiger charge is 2.53. The summed E-state index contributed by atoms with van der Waals surface area (Å²) < 4.78 is 1.74. The molecule has 2 bridgehead atoms. The first-order valence-corrected chi connectivity index (χ1v) is 11.7. The average molecular weight is 424 g/mol. The molecule has 3 N–H and O–H groups in total. The molecule has 0 radical (unpaired) electrons. The Bertz CT molecular complexity index is 1010. The van der Waals surface area contributed by atoms with Crippen LogP contribution >= 0.6 is 0 Å². The first-order chi connectivity index (χ1) is 14.9. The molecule has 2 amide bonds. The van der Waals surface area contributed by atoms with Crippen molar-refractivity contribution in [2.24, 2.45) is 28.9 Å². The highest BCUT2D eigenvalue weighted by atomic mass is 16.2. The van der Waals surface area contributed by atoms with Crippen molar-refractivity contribution < 1.29 is 9.59 Å². The van der Waals surface area contributed by atoms with Crippen LogP contribution < -0.4 is 11.1 Å². The maximum atomic E-state index is 13.0. The van der Waals surface area contributed by atoms with Gasteiger partial charge < -0.3 is 16.0 Å². The van der Waals surface area contributed by atoms with Gasteiger partial charge in [-0.1, -0.05) is 19.9 Å². The van der Waals surface area contributed by atoms with Crippen LogP contribution in [0.1, 0.15) is 66.9 Å². The van der Waals surface area contributed by atoms with Crippen molar-refractivity contribution in [2.45, 2.75) is 52.0 Å².